The van der Waals surface area contributed by atoms with E-state index in [1.54, 1.807) is 34.7 Å². The number of rotatable bonds is 16. The van der Waals surface area contributed by atoms with Crippen LogP contribution in [0.3, 0.4) is 0 Å². The van der Waals surface area contributed by atoms with Gasteiger partial charge in [-0.25, -0.2) is 0 Å². The summed E-state index contributed by atoms with van der Waals surface area (Å²) in [7, 11) is 1.79. The summed E-state index contributed by atoms with van der Waals surface area (Å²) in [6.45, 7) is 8.03. The summed E-state index contributed by atoms with van der Waals surface area (Å²) in [5.41, 5.74) is 3.06. The summed E-state index contributed by atoms with van der Waals surface area (Å²) < 4.78 is 6.99. The normalized spacial score (nSPS) is 11.7. The number of carbonyl (C=O) groups is 4. The molecule has 1 heterocycles. The smallest absolute Gasteiger partial charge is 0.308 e. The van der Waals surface area contributed by atoms with E-state index in [1.165, 1.54) is 6.92 Å². The van der Waals surface area contributed by atoms with Crippen molar-refractivity contribution in [1.29, 1.82) is 0 Å². The van der Waals surface area contributed by atoms with Gasteiger partial charge in [-0.2, -0.15) is 0 Å². The first kappa shape index (κ1) is 33.6. The van der Waals surface area contributed by atoms with Crippen molar-refractivity contribution >= 4 is 34.6 Å². The van der Waals surface area contributed by atoms with Crippen LogP contribution in [0.4, 0.5) is 0 Å². The molecule has 0 fully saturated rings. The van der Waals surface area contributed by atoms with Gasteiger partial charge in [-0.05, 0) is 55.5 Å². The Balaban J connectivity index is 1.89. The molecule has 1 unspecified atom stereocenters. The third-order valence-electron chi connectivity index (χ3n) is 7.83. The minimum absolute atomic E-state index is 0.0117. The van der Waals surface area contributed by atoms with Gasteiger partial charge in [0.2, 0.25) is 17.7 Å². The van der Waals surface area contributed by atoms with E-state index >= 15 is 0 Å². The lowest BCUT2D eigenvalue weighted by Gasteiger charge is -2.25. The van der Waals surface area contributed by atoms with Crippen LogP contribution < -0.4 is 10.1 Å². The van der Waals surface area contributed by atoms with Gasteiger partial charge < -0.3 is 15.0 Å². The van der Waals surface area contributed by atoms with Crippen molar-refractivity contribution in [2.24, 2.45) is 0 Å². The highest BCUT2D eigenvalue weighted by Crippen LogP contribution is 2.31. The largest absolute Gasteiger partial charge is 0.427 e. The molecule has 3 rings (SSSR count). The molecule has 8 heteroatoms. The molecule has 0 saturated carbocycles. The van der Waals surface area contributed by atoms with Crippen molar-refractivity contribution in [3.63, 3.8) is 0 Å². The second kappa shape index (κ2) is 16.6. The average molecular weight is 590 g/mol. The van der Waals surface area contributed by atoms with Crippen LogP contribution in [-0.2, 0) is 27.2 Å². The van der Waals surface area contributed by atoms with Crippen molar-refractivity contribution in [2.75, 3.05) is 13.6 Å². The maximum absolute atomic E-state index is 13.5. The number of nitrogens with zero attached hydrogens (tertiary/aromatic N) is 2. The number of nitrogens with one attached hydrogen (secondary N) is 1. The van der Waals surface area contributed by atoms with E-state index in [-0.39, 0.29) is 24.1 Å². The Labute approximate surface area is 255 Å². The number of unbranched alkanes of at least 4 members (excludes halogenated alkanes) is 4. The van der Waals surface area contributed by atoms with Crippen LogP contribution in [0.5, 0.6) is 5.75 Å². The molecule has 1 N–H and O–H groups in total. The molecule has 1 aromatic heterocycles. The van der Waals surface area contributed by atoms with E-state index < -0.39 is 12.0 Å². The zero-order valence-corrected chi connectivity index (χ0v) is 26.4. The number of esters is 1. The number of hydrogen-bond donors (Lipinski definition) is 1. The quantitative estimate of drug-likeness (QED) is 0.118. The zero-order valence-electron chi connectivity index (χ0n) is 26.4. The Morgan fingerprint density at radius 1 is 0.953 bits per heavy atom. The topological polar surface area (TPSA) is 97.7 Å². The van der Waals surface area contributed by atoms with Gasteiger partial charge in [0.05, 0.1) is 11.9 Å². The molecule has 8 nitrogen and oxygen atoms in total. The van der Waals surface area contributed by atoms with Gasteiger partial charge in [-0.1, -0.05) is 76.3 Å². The fraction of sp³-hybridized carbons (Fsp3) is 0.486. The number of ether oxygens (including phenoxy) is 1. The summed E-state index contributed by atoms with van der Waals surface area (Å²) in [4.78, 5) is 53.8. The Kier molecular flexibility index (Phi) is 13.0. The third kappa shape index (κ3) is 9.53. The summed E-state index contributed by atoms with van der Waals surface area (Å²) >= 11 is 0. The monoisotopic (exact) mass is 589 g/mol. The van der Waals surface area contributed by atoms with E-state index in [9.17, 15) is 19.2 Å². The third-order valence-corrected chi connectivity index (χ3v) is 7.83. The number of benzene rings is 2. The number of likely N-dealkylation sites (N-methyl/N-ethyl adjacent to an activating group) is 1. The summed E-state index contributed by atoms with van der Waals surface area (Å²) in [6.07, 6.45) is 7.37. The van der Waals surface area contributed by atoms with Crippen LogP contribution in [0.15, 0.2) is 48.5 Å². The maximum Gasteiger partial charge on any atom is 0.308 e. The Morgan fingerprint density at radius 3 is 2.35 bits per heavy atom. The molecule has 43 heavy (non-hydrogen) atoms. The Bertz CT molecular complexity index is 1400. The van der Waals surface area contributed by atoms with Gasteiger partial charge in [0.25, 0.3) is 0 Å². The molecule has 232 valence electrons. The van der Waals surface area contributed by atoms with Crippen molar-refractivity contribution in [1.82, 2.24) is 14.8 Å². The molecule has 0 radical (unpaired) electrons. The lowest BCUT2D eigenvalue weighted by molar-refractivity contribution is -0.135. The maximum atomic E-state index is 13.5. The first-order chi connectivity index (χ1) is 20.7. The number of fused-ring (bicyclic) bond motifs is 1. The van der Waals surface area contributed by atoms with E-state index in [0.717, 1.165) is 44.1 Å². The van der Waals surface area contributed by atoms with Crippen molar-refractivity contribution in [3.05, 3.63) is 65.4 Å². The Hall–Kier alpha value is -3.94. The first-order valence-electron chi connectivity index (χ1n) is 15.6. The number of amides is 2. The predicted octanol–water partition coefficient (Wildman–Crippen LogP) is 6.40. The fourth-order valence-electron chi connectivity index (χ4n) is 5.45. The molecular weight excluding hydrogens is 542 g/mol. The van der Waals surface area contributed by atoms with Gasteiger partial charge in [-0.3, -0.25) is 23.7 Å². The number of hydrogen-bond acceptors (Lipinski definition) is 5. The van der Waals surface area contributed by atoms with Crippen LogP contribution >= 0.6 is 0 Å². The fourth-order valence-corrected chi connectivity index (χ4v) is 5.45. The second-order valence-electron chi connectivity index (χ2n) is 11.3. The molecule has 1 atom stereocenters. The van der Waals surface area contributed by atoms with Gasteiger partial charge in [0.1, 0.15) is 11.8 Å². The van der Waals surface area contributed by atoms with Gasteiger partial charge in [0.15, 0.2) is 0 Å². The van der Waals surface area contributed by atoms with Gasteiger partial charge >= 0.3 is 5.97 Å². The molecule has 0 aliphatic carbocycles. The zero-order chi connectivity index (χ0) is 31.4. The summed E-state index contributed by atoms with van der Waals surface area (Å²) in [5, 5.41) is 3.69. The number of aromatic nitrogens is 1. The standard InChI is InChI=1S/C35H47N3O5/c1-6-8-10-14-17-31(35(42)37(5)22-9-7-2)36-33(40)24-29-25(3)38(34(41)21-18-27-15-12-11-13-16-27)32-20-19-28(23-30(29)32)43-26(4)39/h11-13,15-16,19-20,23,31H,6-10,14,17-18,21-22,24H2,1-5H3,(H,36,40). The Morgan fingerprint density at radius 2 is 1.67 bits per heavy atom. The van der Waals surface area contributed by atoms with Crippen molar-refractivity contribution in [2.45, 2.75) is 97.9 Å². The van der Waals surface area contributed by atoms with Gasteiger partial charge in [-0.15, -0.1) is 0 Å². The molecular formula is C35H47N3O5. The summed E-state index contributed by atoms with van der Waals surface area (Å²) in [5.74, 6) is -0.553. The van der Waals surface area contributed by atoms with Crippen LogP contribution in [-0.4, -0.2) is 52.8 Å². The number of carbonyl (C=O) groups excluding carboxylic acids is 4. The minimum Gasteiger partial charge on any atom is -0.427 e. The molecule has 2 amide bonds. The predicted molar refractivity (Wildman–Crippen MR) is 170 cm³/mol. The SMILES string of the molecule is CCCCCCC(NC(=O)Cc1c(C)n(C(=O)CCc2ccccc2)c2ccc(OC(C)=O)cc12)C(=O)N(C)CCCC. The van der Waals surface area contributed by atoms with Crippen LogP contribution in [0.2, 0.25) is 0 Å². The molecule has 2 aromatic carbocycles. The van der Waals surface area contributed by atoms with Crippen molar-refractivity contribution in [3.8, 4) is 5.75 Å². The first-order valence-corrected chi connectivity index (χ1v) is 15.6. The van der Waals surface area contributed by atoms with Crippen LogP contribution in [0.1, 0.15) is 93.8 Å². The molecule has 0 aliphatic rings. The summed E-state index contributed by atoms with van der Waals surface area (Å²) in [6, 6.07) is 14.3. The lowest BCUT2D eigenvalue weighted by Crippen LogP contribution is -2.48. The van der Waals surface area contributed by atoms with Crippen LogP contribution in [0.25, 0.3) is 10.9 Å². The molecule has 0 saturated heterocycles. The average Bonchev–Trinajstić information content (AvgIpc) is 3.26. The van der Waals surface area contributed by atoms with Crippen molar-refractivity contribution < 1.29 is 23.9 Å². The number of aryl methyl sites for hydroxylation is 1. The highest BCUT2D eigenvalue weighted by atomic mass is 16.5. The van der Waals surface area contributed by atoms with E-state index in [0.29, 0.717) is 53.7 Å². The highest BCUT2D eigenvalue weighted by Gasteiger charge is 2.26. The molecule has 0 spiro atoms. The minimum atomic E-state index is -0.607. The molecule has 0 bridgehead atoms. The van der Waals surface area contributed by atoms with Crippen LogP contribution in [0, 0.1) is 6.92 Å². The molecule has 3 aromatic rings. The highest BCUT2D eigenvalue weighted by molar-refractivity contribution is 5.99. The van der Waals surface area contributed by atoms with E-state index in [2.05, 4.69) is 19.2 Å². The van der Waals surface area contributed by atoms with E-state index in [4.69, 9.17) is 4.74 Å². The van der Waals surface area contributed by atoms with E-state index in [1.807, 2.05) is 37.3 Å². The van der Waals surface area contributed by atoms with Gasteiger partial charge in [0, 0.05) is 38.0 Å². The lowest BCUT2D eigenvalue weighted by atomic mass is 10.0. The second-order valence-corrected chi connectivity index (χ2v) is 11.3. The molecule has 0 aliphatic heterocycles.